The van der Waals surface area contributed by atoms with Gasteiger partial charge >= 0.3 is 5.97 Å². The minimum absolute atomic E-state index is 0.126. The predicted octanol–water partition coefficient (Wildman–Crippen LogP) is 1.48. The van der Waals surface area contributed by atoms with Gasteiger partial charge in [-0.15, -0.1) is 11.6 Å². The fraction of sp³-hybridized carbons (Fsp3) is 0.692. The second kappa shape index (κ2) is 3.73. The van der Waals surface area contributed by atoms with E-state index in [0.717, 1.165) is 31.2 Å². The van der Waals surface area contributed by atoms with Crippen LogP contribution in [0.25, 0.3) is 0 Å². The van der Waals surface area contributed by atoms with E-state index in [1.54, 1.807) is 4.90 Å². The number of ether oxygens (including phenoxy) is 1. The molecule has 1 saturated carbocycles. The molecule has 1 fully saturated rings. The highest BCUT2D eigenvalue weighted by atomic mass is 35.5. The van der Waals surface area contributed by atoms with Gasteiger partial charge in [-0.25, -0.2) is 0 Å². The lowest BCUT2D eigenvalue weighted by Gasteiger charge is -2.38. The number of alkyl halides is 1. The number of amides is 1. The van der Waals surface area contributed by atoms with Crippen LogP contribution in [0, 0.1) is 5.41 Å². The van der Waals surface area contributed by atoms with Crippen molar-refractivity contribution in [2.45, 2.75) is 30.6 Å². The molecular weight excluding hydrogens is 254 g/mol. The quantitative estimate of drug-likeness (QED) is 0.330. The Hall–Kier alpha value is -1.03. The number of hydrogen-bond acceptors (Lipinski definition) is 3. The van der Waals surface area contributed by atoms with Gasteiger partial charge in [0.1, 0.15) is 0 Å². The molecule has 18 heavy (non-hydrogen) atoms. The monoisotopic (exact) mass is 269 g/mol. The zero-order chi connectivity index (χ0) is 13.0. The highest BCUT2D eigenvalue weighted by Crippen LogP contribution is 2.66. The maximum atomic E-state index is 12.0. The molecule has 1 heterocycles. The predicted molar refractivity (Wildman–Crippen MR) is 66.2 cm³/mol. The van der Waals surface area contributed by atoms with Gasteiger partial charge in [-0.1, -0.05) is 0 Å². The Kier molecular flexibility index (Phi) is 2.49. The maximum Gasteiger partial charge on any atom is 0.327 e. The van der Waals surface area contributed by atoms with Gasteiger partial charge in [0.15, 0.2) is 4.87 Å². The van der Waals surface area contributed by atoms with E-state index in [1.807, 2.05) is 0 Å². The molecule has 2 aliphatic carbocycles. The standard InChI is InChI=1S/C13H16ClNO3/c1-18-11(17)13(14)5-10-7-15(8-16)6-9(10)4-12(13)2-3-12/h8H,2-7H2,1H3. The molecule has 1 unspecified atom stereocenters. The van der Waals surface area contributed by atoms with E-state index in [0.29, 0.717) is 19.5 Å². The molecule has 1 amide bonds. The second-order valence-corrected chi connectivity index (χ2v) is 6.29. The van der Waals surface area contributed by atoms with Crippen molar-refractivity contribution in [1.82, 2.24) is 4.90 Å². The summed E-state index contributed by atoms with van der Waals surface area (Å²) >= 11 is 6.62. The first-order valence-electron chi connectivity index (χ1n) is 6.21. The smallest absolute Gasteiger partial charge is 0.327 e. The number of methoxy groups -OCH3 is 1. The van der Waals surface area contributed by atoms with E-state index in [9.17, 15) is 9.59 Å². The van der Waals surface area contributed by atoms with Crippen LogP contribution >= 0.6 is 11.6 Å². The lowest BCUT2D eigenvalue weighted by atomic mass is 9.73. The molecule has 5 heteroatoms. The Morgan fingerprint density at radius 1 is 1.33 bits per heavy atom. The molecule has 98 valence electrons. The summed E-state index contributed by atoms with van der Waals surface area (Å²) in [6, 6.07) is 0. The third-order valence-corrected chi connectivity index (χ3v) is 5.34. The van der Waals surface area contributed by atoms with Crippen LogP contribution in [-0.4, -0.2) is 42.4 Å². The van der Waals surface area contributed by atoms with Crippen molar-refractivity contribution in [3.8, 4) is 0 Å². The summed E-state index contributed by atoms with van der Waals surface area (Å²) in [6.07, 6.45) is 4.19. The average molecular weight is 270 g/mol. The van der Waals surface area contributed by atoms with Crippen molar-refractivity contribution in [2.24, 2.45) is 5.41 Å². The van der Waals surface area contributed by atoms with Crippen molar-refractivity contribution in [3.63, 3.8) is 0 Å². The van der Waals surface area contributed by atoms with E-state index in [1.165, 1.54) is 12.7 Å². The number of halogens is 1. The molecule has 0 radical (unpaired) electrons. The summed E-state index contributed by atoms with van der Waals surface area (Å²) in [5, 5.41) is 0. The summed E-state index contributed by atoms with van der Waals surface area (Å²) in [5.74, 6) is -0.322. The molecule has 0 bridgehead atoms. The zero-order valence-corrected chi connectivity index (χ0v) is 11.1. The SMILES string of the molecule is COC(=O)C1(Cl)CC2=C(CN(C=O)C2)CC12CC2. The topological polar surface area (TPSA) is 46.6 Å². The van der Waals surface area contributed by atoms with Crippen LogP contribution in [0.15, 0.2) is 11.1 Å². The van der Waals surface area contributed by atoms with Crippen molar-refractivity contribution in [2.75, 3.05) is 20.2 Å². The molecule has 4 nitrogen and oxygen atoms in total. The molecule has 3 rings (SSSR count). The van der Waals surface area contributed by atoms with Gasteiger partial charge in [-0.2, -0.15) is 0 Å². The Bertz CT molecular complexity index is 455. The highest BCUT2D eigenvalue weighted by molar-refractivity contribution is 6.35. The van der Waals surface area contributed by atoms with Crippen LogP contribution in [0.4, 0.5) is 0 Å². The van der Waals surface area contributed by atoms with E-state index in [4.69, 9.17) is 16.3 Å². The van der Waals surface area contributed by atoms with Crippen LogP contribution in [0.1, 0.15) is 25.7 Å². The van der Waals surface area contributed by atoms with Gasteiger partial charge in [0.2, 0.25) is 6.41 Å². The molecule has 0 saturated heterocycles. The van der Waals surface area contributed by atoms with Gasteiger partial charge in [0.25, 0.3) is 0 Å². The first-order valence-corrected chi connectivity index (χ1v) is 6.59. The molecular formula is C13H16ClNO3. The van der Waals surface area contributed by atoms with Gasteiger partial charge in [-0.3, -0.25) is 9.59 Å². The van der Waals surface area contributed by atoms with Crippen molar-refractivity contribution < 1.29 is 14.3 Å². The summed E-state index contributed by atoms with van der Waals surface area (Å²) < 4.78 is 4.89. The third kappa shape index (κ3) is 1.44. The van der Waals surface area contributed by atoms with Crippen LogP contribution in [0.3, 0.4) is 0 Å². The van der Waals surface area contributed by atoms with Crippen LogP contribution < -0.4 is 0 Å². The summed E-state index contributed by atoms with van der Waals surface area (Å²) in [4.78, 5) is 23.7. The fourth-order valence-electron chi connectivity index (χ4n) is 3.41. The lowest BCUT2D eigenvalue weighted by molar-refractivity contribution is -0.146. The van der Waals surface area contributed by atoms with Crippen molar-refractivity contribution in [3.05, 3.63) is 11.1 Å². The van der Waals surface area contributed by atoms with E-state index >= 15 is 0 Å². The number of rotatable bonds is 2. The molecule has 0 aromatic carbocycles. The number of nitrogens with zero attached hydrogens (tertiary/aromatic N) is 1. The van der Waals surface area contributed by atoms with E-state index < -0.39 is 4.87 Å². The summed E-state index contributed by atoms with van der Waals surface area (Å²) in [6.45, 7) is 1.31. The Balaban J connectivity index is 1.92. The first kappa shape index (κ1) is 12.0. The number of esters is 1. The van der Waals surface area contributed by atoms with Gasteiger partial charge in [0.05, 0.1) is 7.11 Å². The summed E-state index contributed by atoms with van der Waals surface area (Å²) in [7, 11) is 1.39. The van der Waals surface area contributed by atoms with Crippen molar-refractivity contribution in [1.29, 1.82) is 0 Å². The number of hydrogen-bond donors (Lipinski definition) is 0. The van der Waals surface area contributed by atoms with Gasteiger partial charge < -0.3 is 9.64 Å². The largest absolute Gasteiger partial charge is 0.468 e. The molecule has 0 aromatic heterocycles. The minimum Gasteiger partial charge on any atom is -0.468 e. The first-order chi connectivity index (χ1) is 8.54. The molecule has 1 aliphatic heterocycles. The second-order valence-electron chi connectivity index (χ2n) is 5.64. The third-order valence-electron chi connectivity index (χ3n) is 4.65. The molecule has 3 aliphatic rings. The zero-order valence-electron chi connectivity index (χ0n) is 10.4. The molecule has 0 N–H and O–H groups in total. The maximum absolute atomic E-state index is 12.0. The molecule has 0 aromatic rings. The average Bonchev–Trinajstić information content (AvgIpc) is 3.04. The Labute approximate surface area is 111 Å². The Morgan fingerprint density at radius 3 is 2.44 bits per heavy atom. The summed E-state index contributed by atoms with van der Waals surface area (Å²) in [5.41, 5.74) is 2.33. The normalized spacial score (nSPS) is 32.4. The van der Waals surface area contributed by atoms with Crippen molar-refractivity contribution >= 4 is 24.0 Å². The van der Waals surface area contributed by atoms with Gasteiger partial charge in [-0.05, 0) is 30.4 Å². The molecule has 1 atom stereocenters. The lowest BCUT2D eigenvalue weighted by Crippen LogP contribution is -2.46. The number of carbonyl (C=O) groups is 2. The van der Waals surface area contributed by atoms with E-state index in [-0.39, 0.29) is 11.4 Å². The van der Waals surface area contributed by atoms with Gasteiger partial charge in [0, 0.05) is 24.9 Å². The van der Waals surface area contributed by atoms with Crippen LogP contribution in [0.5, 0.6) is 0 Å². The molecule has 1 spiro atoms. The van der Waals surface area contributed by atoms with E-state index in [2.05, 4.69) is 0 Å². The Morgan fingerprint density at radius 2 is 1.94 bits per heavy atom. The fourth-order valence-corrected chi connectivity index (χ4v) is 3.90. The van der Waals surface area contributed by atoms with Crippen LogP contribution in [0.2, 0.25) is 0 Å². The number of carbonyl (C=O) groups excluding carboxylic acids is 2. The highest BCUT2D eigenvalue weighted by Gasteiger charge is 2.65. The minimum atomic E-state index is -0.917. The van der Waals surface area contributed by atoms with Crippen LogP contribution in [-0.2, 0) is 14.3 Å².